The molecule has 0 aliphatic heterocycles. The van der Waals surface area contributed by atoms with E-state index in [1.54, 1.807) is 17.3 Å². The van der Waals surface area contributed by atoms with Gasteiger partial charge >= 0.3 is 0 Å². The minimum atomic E-state index is -0.275. The molecule has 26 heavy (non-hydrogen) atoms. The summed E-state index contributed by atoms with van der Waals surface area (Å²) in [7, 11) is 0. The van der Waals surface area contributed by atoms with Crippen molar-refractivity contribution in [3.63, 3.8) is 0 Å². The lowest BCUT2D eigenvalue weighted by atomic mass is 9.65. The lowest BCUT2D eigenvalue weighted by Gasteiger charge is -2.42. The van der Waals surface area contributed by atoms with Crippen LogP contribution in [0.25, 0.3) is 0 Å². The van der Waals surface area contributed by atoms with E-state index < -0.39 is 0 Å². The third-order valence-electron chi connectivity index (χ3n) is 6.58. The van der Waals surface area contributed by atoms with E-state index in [0.29, 0.717) is 0 Å². The Labute approximate surface area is 164 Å². The third kappa shape index (κ3) is 4.12. The highest BCUT2D eigenvalue weighted by molar-refractivity contribution is 8.03. The summed E-state index contributed by atoms with van der Waals surface area (Å²) in [5.74, 6) is 1.49. The van der Waals surface area contributed by atoms with Crippen molar-refractivity contribution in [1.29, 1.82) is 0 Å². The van der Waals surface area contributed by atoms with Crippen LogP contribution in [0.4, 0.5) is 0 Å². The van der Waals surface area contributed by atoms with Gasteiger partial charge in [0.05, 0.1) is 6.10 Å². The largest absolute Gasteiger partial charge is 0.388 e. The Morgan fingerprint density at radius 2 is 2.00 bits per heavy atom. The summed E-state index contributed by atoms with van der Waals surface area (Å²) in [4.78, 5) is 2.50. The quantitative estimate of drug-likeness (QED) is 0.545. The van der Waals surface area contributed by atoms with Crippen molar-refractivity contribution >= 4 is 11.8 Å². The number of aliphatic hydroxyl groups is 1. The summed E-state index contributed by atoms with van der Waals surface area (Å²) in [6.45, 7) is 9.32. The molecule has 1 fully saturated rings. The number of fused-ring (bicyclic) bond motifs is 1. The van der Waals surface area contributed by atoms with Gasteiger partial charge in [-0.25, -0.2) is 0 Å². The Bertz CT molecular complexity index is 671. The fraction of sp³-hybridized carbons (Fsp3) is 0.583. The van der Waals surface area contributed by atoms with Gasteiger partial charge in [-0.15, -0.1) is 0 Å². The molecule has 0 spiro atoms. The molecular weight excluding hydrogens is 336 g/mol. The summed E-state index contributed by atoms with van der Waals surface area (Å²) in [5, 5.41) is 10.7. The molecular formula is C24H34OS. The monoisotopic (exact) mass is 370 g/mol. The topological polar surface area (TPSA) is 20.2 Å². The second-order valence-corrected chi connectivity index (χ2v) is 9.83. The Hall–Kier alpha value is -0.990. The van der Waals surface area contributed by atoms with Crippen molar-refractivity contribution in [3.8, 4) is 0 Å². The number of rotatable bonds is 6. The van der Waals surface area contributed by atoms with Gasteiger partial charge in [0.25, 0.3) is 0 Å². The van der Waals surface area contributed by atoms with Gasteiger partial charge in [-0.3, -0.25) is 0 Å². The number of hydrogen-bond acceptors (Lipinski definition) is 2. The molecule has 0 heterocycles. The second-order valence-electron chi connectivity index (χ2n) is 8.71. The Balaban J connectivity index is 1.81. The van der Waals surface area contributed by atoms with E-state index in [1.807, 2.05) is 0 Å². The van der Waals surface area contributed by atoms with E-state index in [4.69, 9.17) is 0 Å². The van der Waals surface area contributed by atoms with Crippen molar-refractivity contribution in [3.05, 3.63) is 52.5 Å². The van der Waals surface area contributed by atoms with E-state index in [2.05, 4.69) is 64.1 Å². The van der Waals surface area contributed by atoms with E-state index in [9.17, 15) is 5.11 Å². The minimum Gasteiger partial charge on any atom is -0.388 e. The predicted octanol–water partition coefficient (Wildman–Crippen LogP) is 6.99. The van der Waals surface area contributed by atoms with Crippen LogP contribution in [0.15, 0.2) is 57.4 Å². The number of allylic oxidation sites excluding steroid dienone is 3. The molecule has 0 radical (unpaired) electrons. The Morgan fingerprint density at radius 3 is 2.69 bits per heavy atom. The van der Waals surface area contributed by atoms with Crippen LogP contribution in [0, 0.1) is 17.3 Å². The van der Waals surface area contributed by atoms with Gasteiger partial charge in [0.2, 0.25) is 0 Å². The van der Waals surface area contributed by atoms with Crippen LogP contribution >= 0.6 is 11.8 Å². The Kier molecular flexibility index (Phi) is 6.35. The highest BCUT2D eigenvalue weighted by Gasteiger charge is 2.48. The van der Waals surface area contributed by atoms with Crippen LogP contribution < -0.4 is 0 Å². The van der Waals surface area contributed by atoms with E-state index in [0.717, 1.165) is 24.7 Å². The normalized spacial score (nSPS) is 29.4. The number of hydrogen-bond donors (Lipinski definition) is 1. The maximum atomic E-state index is 10.7. The number of thioether (sulfide) groups is 1. The molecule has 1 aromatic carbocycles. The summed E-state index contributed by atoms with van der Waals surface area (Å²) in [6.07, 6.45) is 9.08. The molecule has 142 valence electrons. The average molecular weight is 371 g/mol. The first-order valence-electron chi connectivity index (χ1n) is 10.2. The zero-order valence-electron chi connectivity index (χ0n) is 16.8. The zero-order valence-corrected chi connectivity index (χ0v) is 17.6. The van der Waals surface area contributed by atoms with Crippen molar-refractivity contribution in [2.45, 2.75) is 77.2 Å². The molecule has 0 aromatic heterocycles. The van der Waals surface area contributed by atoms with Gasteiger partial charge in [-0.1, -0.05) is 61.0 Å². The number of aliphatic hydroxyl groups excluding tert-OH is 1. The van der Waals surface area contributed by atoms with E-state index in [-0.39, 0.29) is 11.5 Å². The molecule has 0 saturated heterocycles. The summed E-state index contributed by atoms with van der Waals surface area (Å²) in [6, 6.07) is 10.6. The molecule has 1 aromatic rings. The summed E-state index contributed by atoms with van der Waals surface area (Å²) in [5.41, 5.74) is 3.27. The van der Waals surface area contributed by atoms with Gasteiger partial charge in [-0.2, -0.15) is 0 Å². The lowest BCUT2D eigenvalue weighted by Crippen LogP contribution is -2.34. The van der Waals surface area contributed by atoms with Gasteiger partial charge in [0.1, 0.15) is 0 Å². The van der Waals surface area contributed by atoms with Crippen molar-refractivity contribution in [2.24, 2.45) is 17.3 Å². The smallest absolute Gasteiger partial charge is 0.0851 e. The van der Waals surface area contributed by atoms with Crippen LogP contribution in [-0.4, -0.2) is 11.2 Å². The maximum Gasteiger partial charge on any atom is 0.0851 e. The molecule has 0 amide bonds. The summed E-state index contributed by atoms with van der Waals surface area (Å²) >= 11 is 1.80. The third-order valence-corrected chi connectivity index (χ3v) is 7.83. The molecule has 2 aliphatic rings. The van der Waals surface area contributed by atoms with Crippen molar-refractivity contribution < 1.29 is 5.11 Å². The van der Waals surface area contributed by atoms with Crippen molar-refractivity contribution in [1.82, 2.24) is 0 Å². The average Bonchev–Trinajstić information content (AvgIpc) is 2.96. The highest BCUT2D eigenvalue weighted by Crippen LogP contribution is 2.59. The highest BCUT2D eigenvalue weighted by atomic mass is 32.2. The van der Waals surface area contributed by atoms with Crippen LogP contribution in [-0.2, 0) is 0 Å². The SMILES string of the molecule is CC(C)=CCC[C@@H](C)C1CCC2=C(Sc3ccccc3)[C@H](O)CC[C@@]21C. The molecule has 1 saturated carbocycles. The zero-order chi connectivity index (χ0) is 18.7. The van der Waals surface area contributed by atoms with Gasteiger partial charge in [-0.05, 0) is 81.8 Å². The maximum absolute atomic E-state index is 10.7. The molecule has 2 heteroatoms. The molecule has 2 aliphatic carbocycles. The van der Waals surface area contributed by atoms with Gasteiger partial charge < -0.3 is 5.11 Å². The predicted molar refractivity (Wildman–Crippen MR) is 113 cm³/mol. The van der Waals surface area contributed by atoms with Crippen LogP contribution in [0.5, 0.6) is 0 Å². The molecule has 1 N–H and O–H groups in total. The molecule has 4 atom stereocenters. The van der Waals surface area contributed by atoms with E-state index >= 15 is 0 Å². The van der Waals surface area contributed by atoms with Crippen LogP contribution in [0.2, 0.25) is 0 Å². The second kappa shape index (κ2) is 8.35. The molecule has 3 rings (SSSR count). The number of benzene rings is 1. The first-order valence-corrected chi connectivity index (χ1v) is 11.0. The molecule has 0 bridgehead atoms. The van der Waals surface area contributed by atoms with Crippen LogP contribution in [0.3, 0.4) is 0 Å². The standard InChI is InChI=1S/C24H34OS/c1-17(2)9-8-10-18(3)20-13-14-21-23(22(25)15-16-24(20,21)4)26-19-11-6-5-7-12-19/h5-7,9,11-12,18,20,22,25H,8,10,13-16H2,1-4H3/t18-,20?,22-,24-/m1/s1. The lowest BCUT2D eigenvalue weighted by molar-refractivity contribution is 0.120. The fourth-order valence-corrected chi connectivity index (χ4v) is 6.39. The fourth-order valence-electron chi connectivity index (χ4n) is 5.13. The van der Waals surface area contributed by atoms with Gasteiger partial charge in [0.15, 0.2) is 0 Å². The van der Waals surface area contributed by atoms with E-state index in [1.165, 1.54) is 41.1 Å². The van der Waals surface area contributed by atoms with Gasteiger partial charge in [0, 0.05) is 9.80 Å². The van der Waals surface area contributed by atoms with Crippen LogP contribution in [0.1, 0.15) is 66.2 Å². The minimum absolute atomic E-state index is 0.275. The molecule has 1 nitrogen and oxygen atoms in total. The first kappa shape index (κ1) is 19.8. The molecule has 1 unspecified atom stereocenters. The Morgan fingerprint density at radius 1 is 1.27 bits per heavy atom. The van der Waals surface area contributed by atoms with Crippen molar-refractivity contribution in [2.75, 3.05) is 0 Å². The first-order chi connectivity index (χ1) is 12.4. The summed E-state index contributed by atoms with van der Waals surface area (Å²) < 4.78 is 0.